The van der Waals surface area contributed by atoms with Gasteiger partial charge in [-0.2, -0.15) is 0 Å². The van der Waals surface area contributed by atoms with Gasteiger partial charge in [0, 0.05) is 0 Å². The van der Waals surface area contributed by atoms with Gasteiger partial charge in [0.15, 0.2) is 0 Å². The summed E-state index contributed by atoms with van der Waals surface area (Å²) in [5.74, 6) is 1.14. The number of benzene rings is 3. The first-order chi connectivity index (χ1) is 12.0. The van der Waals surface area contributed by atoms with Crippen molar-refractivity contribution in [2.24, 2.45) is 0 Å². The van der Waals surface area contributed by atoms with Crippen LogP contribution in [-0.2, 0) is 0 Å². The van der Waals surface area contributed by atoms with E-state index in [-0.39, 0.29) is 0 Å². The van der Waals surface area contributed by atoms with Crippen molar-refractivity contribution in [1.29, 1.82) is 0 Å². The molecule has 0 saturated carbocycles. The average Bonchev–Trinajstić information content (AvgIpc) is 2.62. The molecule has 1 heteroatoms. The van der Waals surface area contributed by atoms with E-state index in [1.165, 1.54) is 58.1 Å². The van der Waals surface area contributed by atoms with E-state index in [1.807, 2.05) is 0 Å². The van der Waals surface area contributed by atoms with Crippen molar-refractivity contribution >= 4 is 28.0 Å². The molecule has 0 bridgehead atoms. The van der Waals surface area contributed by atoms with Crippen LogP contribution in [0.2, 0.25) is 0 Å². The molecule has 0 saturated heterocycles. The molecule has 0 atom stereocenters. The quantitative estimate of drug-likeness (QED) is 0.366. The summed E-state index contributed by atoms with van der Waals surface area (Å²) in [6, 6.07) is 24.4. The molecule has 0 heterocycles. The van der Waals surface area contributed by atoms with Crippen molar-refractivity contribution in [2.75, 3.05) is 0 Å². The third-order valence-electron chi connectivity index (χ3n) is 4.74. The summed E-state index contributed by atoms with van der Waals surface area (Å²) in [6.07, 6.45) is 0. The maximum atomic E-state index is 2.41. The van der Waals surface area contributed by atoms with E-state index in [9.17, 15) is 0 Å². The Labute approximate surface area is 167 Å². The molecular weight excluding hydrogens is 497 g/mol. The van der Waals surface area contributed by atoms with Crippen molar-refractivity contribution in [3.63, 3.8) is 0 Å². The van der Waals surface area contributed by atoms with E-state index in [4.69, 9.17) is 0 Å². The van der Waals surface area contributed by atoms with Crippen LogP contribution < -0.4 is 3.27 Å². The van der Waals surface area contributed by atoms with Crippen LogP contribution in [0.25, 0.3) is 22.3 Å². The first kappa shape index (κ1) is 18.3. The van der Waals surface area contributed by atoms with Crippen LogP contribution in [-0.4, -0.2) is 24.7 Å². The normalized spacial score (nSPS) is 11.3. The Balaban J connectivity index is 2.04. The Morgan fingerprint density at radius 1 is 0.560 bits per heavy atom. The number of rotatable bonds is 4. The van der Waals surface area contributed by atoms with Crippen molar-refractivity contribution in [3.05, 3.63) is 77.9 Å². The Bertz CT molecular complexity index is 814. The fourth-order valence-electron chi connectivity index (χ4n) is 3.21. The van der Waals surface area contributed by atoms with E-state index in [1.54, 1.807) is 3.27 Å². The van der Waals surface area contributed by atoms with Crippen molar-refractivity contribution < 1.29 is 0 Å². The third kappa shape index (κ3) is 4.04. The second-order valence-corrected chi connectivity index (χ2v) is 8.99. The zero-order valence-corrected chi connectivity index (χ0v) is 18.9. The van der Waals surface area contributed by atoms with Gasteiger partial charge in [-0.05, 0) is 0 Å². The van der Waals surface area contributed by atoms with Gasteiger partial charge in [-0.1, -0.05) is 0 Å². The molecule has 126 valence electrons. The van der Waals surface area contributed by atoms with Gasteiger partial charge >= 0.3 is 168 Å². The summed E-state index contributed by atoms with van der Waals surface area (Å²) < 4.78 is 1.56. The molecule has 25 heavy (non-hydrogen) atoms. The van der Waals surface area contributed by atoms with Crippen LogP contribution >= 0.6 is 0 Å². The minimum absolute atomic E-state index is 0.570. The van der Waals surface area contributed by atoms with Gasteiger partial charge in [-0.3, -0.25) is 0 Å². The van der Waals surface area contributed by atoms with Crippen LogP contribution in [0.5, 0.6) is 0 Å². The zero-order valence-electron chi connectivity index (χ0n) is 15.5. The Kier molecular flexibility index (Phi) is 5.75. The summed E-state index contributed by atoms with van der Waals surface area (Å²) in [4.78, 5) is 0. The van der Waals surface area contributed by atoms with Gasteiger partial charge in [0.1, 0.15) is 0 Å². The van der Waals surface area contributed by atoms with Gasteiger partial charge in [0.25, 0.3) is 0 Å². The molecular formula is C24H25Bi. The topological polar surface area (TPSA) is 0 Å². The summed E-state index contributed by atoms with van der Waals surface area (Å²) in [7, 11) is 0. The van der Waals surface area contributed by atoms with Gasteiger partial charge in [0.2, 0.25) is 0 Å². The summed E-state index contributed by atoms with van der Waals surface area (Å²) in [5.41, 5.74) is 8.23. The van der Waals surface area contributed by atoms with Crippen LogP contribution in [0.1, 0.15) is 50.7 Å². The first-order valence-corrected chi connectivity index (χ1v) is 10.7. The minimum atomic E-state index is 0.570. The third-order valence-corrected chi connectivity index (χ3v) is 6.75. The molecule has 0 amide bonds. The van der Waals surface area contributed by atoms with Gasteiger partial charge < -0.3 is 0 Å². The van der Waals surface area contributed by atoms with E-state index < -0.39 is 0 Å². The second kappa shape index (κ2) is 7.83. The number of hydrogen-bond acceptors (Lipinski definition) is 0. The molecule has 0 nitrogen and oxygen atoms in total. The molecule has 0 N–H and O–H groups in total. The van der Waals surface area contributed by atoms with Crippen LogP contribution in [0.4, 0.5) is 0 Å². The molecule has 0 aromatic heterocycles. The fourth-order valence-corrected chi connectivity index (χ4v) is 5.72. The second-order valence-electron chi connectivity index (χ2n) is 7.26. The standard InChI is InChI=1S/C24H25.Bi/c1-17(2)22-14-23(18(3)4)16-24(15-22)21-12-10-20(11-13-21)19-8-6-5-7-9-19;/h5-13,15-18H,1-4H3;. The van der Waals surface area contributed by atoms with Gasteiger partial charge in [0.05, 0.1) is 0 Å². The SMILES string of the molecule is CC(C)c1cc(-c2ccc(-c3ccccc3)cc2)cc(C(C)C)[c]1[Bi]. The molecule has 0 aliphatic carbocycles. The molecule has 0 aliphatic heterocycles. The summed E-state index contributed by atoms with van der Waals surface area (Å²) >= 11 is 1.35. The maximum absolute atomic E-state index is 2.41. The summed E-state index contributed by atoms with van der Waals surface area (Å²) in [6.45, 7) is 9.22. The molecule has 0 aliphatic rings. The predicted octanol–water partition coefficient (Wildman–Crippen LogP) is 6.06. The molecule has 0 fully saturated rings. The molecule has 0 unspecified atom stereocenters. The summed E-state index contributed by atoms with van der Waals surface area (Å²) in [5, 5.41) is 0. The average molecular weight is 522 g/mol. The van der Waals surface area contributed by atoms with E-state index in [2.05, 4.69) is 94.4 Å². The Morgan fingerprint density at radius 3 is 1.40 bits per heavy atom. The van der Waals surface area contributed by atoms with Crippen LogP contribution in [0.15, 0.2) is 66.7 Å². The molecule has 2 radical (unpaired) electrons. The zero-order chi connectivity index (χ0) is 18.0. The molecule has 0 spiro atoms. The van der Waals surface area contributed by atoms with Crippen molar-refractivity contribution in [1.82, 2.24) is 0 Å². The van der Waals surface area contributed by atoms with E-state index in [0.717, 1.165) is 0 Å². The monoisotopic (exact) mass is 522 g/mol. The van der Waals surface area contributed by atoms with Gasteiger partial charge in [-0.25, -0.2) is 0 Å². The molecule has 3 rings (SSSR count). The van der Waals surface area contributed by atoms with E-state index in [0.29, 0.717) is 11.8 Å². The van der Waals surface area contributed by atoms with Gasteiger partial charge in [-0.15, -0.1) is 0 Å². The van der Waals surface area contributed by atoms with Crippen LogP contribution in [0, 0.1) is 0 Å². The predicted molar refractivity (Wildman–Crippen MR) is 111 cm³/mol. The van der Waals surface area contributed by atoms with Crippen LogP contribution in [0.3, 0.4) is 0 Å². The molecule has 3 aromatic rings. The number of hydrogen-bond donors (Lipinski definition) is 0. The van der Waals surface area contributed by atoms with Crippen molar-refractivity contribution in [3.8, 4) is 22.3 Å². The Hall–Kier alpha value is -1.46. The Morgan fingerprint density at radius 2 is 0.960 bits per heavy atom. The van der Waals surface area contributed by atoms with Crippen molar-refractivity contribution in [2.45, 2.75) is 39.5 Å². The molecule has 3 aromatic carbocycles. The van der Waals surface area contributed by atoms with E-state index >= 15 is 0 Å². The fraction of sp³-hybridized carbons (Fsp3) is 0.250. The first-order valence-electron chi connectivity index (χ1n) is 9.00.